The Labute approximate surface area is 101 Å². The molecule has 0 spiro atoms. The minimum atomic E-state index is -0.822. The van der Waals surface area contributed by atoms with Crippen LogP contribution in [0.25, 0.3) is 0 Å². The molecular formula is C11H13BrFNO2. The number of benzene rings is 1. The van der Waals surface area contributed by atoms with Gasteiger partial charge in [0, 0.05) is 11.6 Å². The fourth-order valence-corrected chi connectivity index (χ4v) is 2.44. The maximum absolute atomic E-state index is 13.3. The van der Waals surface area contributed by atoms with Crippen molar-refractivity contribution in [3.05, 3.63) is 21.9 Å². The van der Waals surface area contributed by atoms with Gasteiger partial charge in [0.25, 0.3) is 0 Å². The van der Waals surface area contributed by atoms with Crippen LogP contribution in [0.4, 0.5) is 4.39 Å². The second kappa shape index (κ2) is 4.59. The lowest BCUT2D eigenvalue weighted by atomic mass is 9.96. The van der Waals surface area contributed by atoms with Crippen molar-refractivity contribution in [3.63, 3.8) is 0 Å². The molecule has 1 aromatic rings. The smallest absolute Gasteiger partial charge is 0.195 e. The molecule has 16 heavy (non-hydrogen) atoms. The predicted molar refractivity (Wildman–Crippen MR) is 62.0 cm³/mol. The van der Waals surface area contributed by atoms with Gasteiger partial charge in [-0.25, -0.2) is 4.39 Å². The van der Waals surface area contributed by atoms with Crippen LogP contribution in [0.1, 0.15) is 30.9 Å². The Morgan fingerprint density at radius 2 is 2.06 bits per heavy atom. The average Bonchev–Trinajstić information content (AvgIpc) is 2.32. The van der Waals surface area contributed by atoms with Crippen molar-refractivity contribution in [3.8, 4) is 11.5 Å². The first-order valence-corrected chi connectivity index (χ1v) is 6.03. The molecule has 1 atom stereocenters. The third kappa shape index (κ3) is 2.01. The predicted octanol–water partition coefficient (Wildman–Crippen LogP) is 2.81. The van der Waals surface area contributed by atoms with Crippen LogP contribution in [0.15, 0.2) is 10.5 Å². The van der Waals surface area contributed by atoms with E-state index in [9.17, 15) is 14.6 Å². The van der Waals surface area contributed by atoms with Crippen LogP contribution in [-0.4, -0.2) is 16.8 Å². The van der Waals surface area contributed by atoms with Crippen molar-refractivity contribution in [1.82, 2.24) is 5.32 Å². The van der Waals surface area contributed by atoms with Gasteiger partial charge in [-0.05, 0) is 41.4 Å². The van der Waals surface area contributed by atoms with Crippen molar-refractivity contribution in [1.29, 1.82) is 0 Å². The summed E-state index contributed by atoms with van der Waals surface area (Å²) < 4.78 is 13.4. The standard InChI is InChI=1S/C11H13BrFNO2/c12-7-5-6(8-3-1-2-4-14-8)10(15)11(16)9(7)13/h5,8,14-16H,1-4H2. The van der Waals surface area contributed by atoms with E-state index < -0.39 is 11.6 Å². The van der Waals surface area contributed by atoms with Gasteiger partial charge in [-0.15, -0.1) is 0 Å². The van der Waals surface area contributed by atoms with E-state index in [2.05, 4.69) is 21.2 Å². The molecule has 0 bridgehead atoms. The monoisotopic (exact) mass is 289 g/mol. The highest BCUT2D eigenvalue weighted by Gasteiger charge is 2.23. The van der Waals surface area contributed by atoms with E-state index in [-0.39, 0.29) is 16.3 Å². The molecular weight excluding hydrogens is 277 g/mol. The first kappa shape index (κ1) is 11.7. The van der Waals surface area contributed by atoms with Crippen LogP contribution in [0, 0.1) is 5.82 Å². The molecule has 1 saturated heterocycles. The summed E-state index contributed by atoms with van der Waals surface area (Å²) in [5.41, 5.74) is 0.547. The molecule has 0 aliphatic carbocycles. The number of hydrogen-bond acceptors (Lipinski definition) is 3. The zero-order valence-corrected chi connectivity index (χ0v) is 10.2. The van der Waals surface area contributed by atoms with Gasteiger partial charge in [0.2, 0.25) is 0 Å². The molecule has 5 heteroatoms. The summed E-state index contributed by atoms with van der Waals surface area (Å²) in [4.78, 5) is 0. The second-order valence-electron chi connectivity index (χ2n) is 3.96. The summed E-state index contributed by atoms with van der Waals surface area (Å²) in [5, 5.41) is 22.4. The van der Waals surface area contributed by atoms with Gasteiger partial charge in [-0.2, -0.15) is 0 Å². The van der Waals surface area contributed by atoms with Gasteiger partial charge in [-0.3, -0.25) is 0 Å². The second-order valence-corrected chi connectivity index (χ2v) is 4.82. The number of halogens is 2. The molecule has 0 aromatic heterocycles. The van der Waals surface area contributed by atoms with Crippen molar-refractivity contribution in [2.24, 2.45) is 0 Å². The minimum absolute atomic E-state index is 0.0171. The Balaban J connectivity index is 2.40. The van der Waals surface area contributed by atoms with Gasteiger partial charge in [0.1, 0.15) is 0 Å². The maximum Gasteiger partial charge on any atom is 0.195 e. The zero-order chi connectivity index (χ0) is 11.7. The fourth-order valence-electron chi connectivity index (χ4n) is 2.00. The summed E-state index contributed by atoms with van der Waals surface area (Å²) in [6.07, 6.45) is 3.05. The molecule has 0 amide bonds. The number of hydrogen-bond donors (Lipinski definition) is 3. The third-order valence-corrected chi connectivity index (χ3v) is 3.46. The first-order valence-electron chi connectivity index (χ1n) is 5.24. The normalized spacial score (nSPS) is 21.0. The molecule has 1 aliphatic rings. The number of phenols is 2. The lowest BCUT2D eigenvalue weighted by Gasteiger charge is -2.25. The molecule has 1 unspecified atom stereocenters. The van der Waals surface area contributed by atoms with Gasteiger partial charge in [0.15, 0.2) is 17.3 Å². The highest BCUT2D eigenvalue weighted by molar-refractivity contribution is 9.10. The van der Waals surface area contributed by atoms with Crippen LogP contribution in [0.2, 0.25) is 0 Å². The molecule has 1 heterocycles. The van der Waals surface area contributed by atoms with Gasteiger partial charge in [0.05, 0.1) is 4.47 Å². The summed E-state index contributed by atoms with van der Waals surface area (Å²) in [6.45, 7) is 0.875. The van der Waals surface area contributed by atoms with Crippen molar-refractivity contribution >= 4 is 15.9 Å². The summed E-state index contributed by atoms with van der Waals surface area (Å²) in [6, 6.07) is 1.50. The van der Waals surface area contributed by atoms with E-state index in [0.29, 0.717) is 5.56 Å². The Morgan fingerprint density at radius 3 is 2.69 bits per heavy atom. The van der Waals surface area contributed by atoms with E-state index in [4.69, 9.17) is 0 Å². The number of aromatic hydroxyl groups is 2. The zero-order valence-electron chi connectivity index (χ0n) is 8.63. The fraction of sp³-hybridized carbons (Fsp3) is 0.455. The largest absolute Gasteiger partial charge is 0.504 e. The topological polar surface area (TPSA) is 52.5 Å². The Morgan fingerprint density at radius 1 is 1.31 bits per heavy atom. The highest BCUT2D eigenvalue weighted by atomic mass is 79.9. The molecule has 1 fully saturated rings. The van der Waals surface area contributed by atoms with Crippen molar-refractivity contribution in [2.75, 3.05) is 6.54 Å². The molecule has 0 radical (unpaired) electrons. The lowest BCUT2D eigenvalue weighted by Crippen LogP contribution is -2.26. The molecule has 2 rings (SSSR count). The first-order chi connectivity index (χ1) is 7.61. The van der Waals surface area contributed by atoms with Gasteiger partial charge >= 0.3 is 0 Å². The number of rotatable bonds is 1. The van der Waals surface area contributed by atoms with Crippen LogP contribution in [-0.2, 0) is 0 Å². The maximum atomic E-state index is 13.3. The number of nitrogens with one attached hydrogen (secondary N) is 1. The molecule has 1 aliphatic heterocycles. The summed E-state index contributed by atoms with van der Waals surface area (Å²) in [7, 11) is 0. The van der Waals surface area contributed by atoms with E-state index in [0.717, 1.165) is 25.8 Å². The van der Waals surface area contributed by atoms with Crippen LogP contribution in [0.5, 0.6) is 11.5 Å². The molecule has 88 valence electrons. The van der Waals surface area contributed by atoms with Gasteiger partial charge < -0.3 is 15.5 Å². The Hall–Kier alpha value is -0.810. The Kier molecular flexibility index (Phi) is 3.35. The quantitative estimate of drug-likeness (QED) is 0.697. The molecule has 3 N–H and O–H groups in total. The number of piperidine rings is 1. The highest BCUT2D eigenvalue weighted by Crippen LogP contribution is 2.40. The van der Waals surface area contributed by atoms with Crippen LogP contribution in [0.3, 0.4) is 0 Å². The van der Waals surface area contributed by atoms with Crippen molar-refractivity contribution < 1.29 is 14.6 Å². The molecule has 1 aromatic carbocycles. The summed E-state index contributed by atoms with van der Waals surface area (Å²) >= 11 is 3.02. The number of phenolic OH excluding ortho intramolecular Hbond substituents is 2. The van der Waals surface area contributed by atoms with Crippen molar-refractivity contribution in [2.45, 2.75) is 25.3 Å². The van der Waals surface area contributed by atoms with E-state index in [1.807, 2.05) is 0 Å². The van der Waals surface area contributed by atoms with Crippen LogP contribution >= 0.6 is 15.9 Å². The Bertz CT molecular complexity index is 405. The third-order valence-electron chi connectivity index (χ3n) is 2.88. The lowest BCUT2D eigenvalue weighted by molar-refractivity contribution is 0.354. The van der Waals surface area contributed by atoms with E-state index in [1.165, 1.54) is 6.07 Å². The summed E-state index contributed by atoms with van der Waals surface area (Å²) in [5.74, 6) is -1.87. The average molecular weight is 290 g/mol. The minimum Gasteiger partial charge on any atom is -0.504 e. The van der Waals surface area contributed by atoms with E-state index in [1.54, 1.807) is 0 Å². The van der Waals surface area contributed by atoms with E-state index >= 15 is 0 Å². The molecule has 0 saturated carbocycles. The van der Waals surface area contributed by atoms with Gasteiger partial charge in [-0.1, -0.05) is 6.42 Å². The molecule has 3 nitrogen and oxygen atoms in total. The van der Waals surface area contributed by atoms with Crippen LogP contribution < -0.4 is 5.32 Å². The SMILES string of the molecule is Oc1c(C2CCCCN2)cc(Br)c(F)c1O.